The monoisotopic (exact) mass is 289 g/mol. The van der Waals surface area contributed by atoms with E-state index in [-0.39, 0.29) is 22.9 Å². The molecule has 0 aliphatic rings. The van der Waals surface area contributed by atoms with Crippen molar-refractivity contribution in [2.24, 2.45) is 5.73 Å². The van der Waals surface area contributed by atoms with E-state index in [1.54, 1.807) is 0 Å². The predicted octanol–water partition coefficient (Wildman–Crippen LogP) is 2.07. The predicted molar refractivity (Wildman–Crippen MR) is 59.8 cm³/mol. The van der Waals surface area contributed by atoms with Gasteiger partial charge >= 0.3 is 6.18 Å². The maximum Gasteiger partial charge on any atom is 0.407 e. The first kappa shape index (κ1) is 16.2. The summed E-state index contributed by atoms with van der Waals surface area (Å²) in [6, 6.07) is 2.25. The fourth-order valence-electron chi connectivity index (χ4n) is 1.11. The molecule has 1 atom stereocenters. The van der Waals surface area contributed by atoms with Crippen LogP contribution < -0.4 is 5.73 Å². The summed E-state index contributed by atoms with van der Waals surface area (Å²) in [4.78, 5) is -0.0365. The third-order valence-electron chi connectivity index (χ3n) is 2.02. The zero-order chi connectivity index (χ0) is 12.6. The topological polar surface area (TPSA) is 60.2 Å². The molecular weight excluding hydrogens is 279 g/mol. The minimum absolute atomic E-state index is 0. The highest BCUT2D eigenvalue weighted by atomic mass is 35.5. The Labute approximate surface area is 103 Å². The molecule has 0 aliphatic heterocycles. The highest BCUT2D eigenvalue weighted by molar-refractivity contribution is 7.90. The van der Waals surface area contributed by atoms with Crippen LogP contribution in [0.2, 0.25) is 0 Å². The number of sulfone groups is 1. The van der Waals surface area contributed by atoms with E-state index >= 15 is 0 Å². The Balaban J connectivity index is 0.00000256. The van der Waals surface area contributed by atoms with Gasteiger partial charge in [-0.25, -0.2) is 8.42 Å². The number of nitrogens with two attached hydrogens (primary N) is 1. The van der Waals surface area contributed by atoms with Crippen molar-refractivity contribution < 1.29 is 21.6 Å². The lowest BCUT2D eigenvalue weighted by Gasteiger charge is -2.15. The summed E-state index contributed by atoms with van der Waals surface area (Å²) >= 11 is 0. The van der Waals surface area contributed by atoms with Crippen molar-refractivity contribution in [3.63, 3.8) is 0 Å². The Morgan fingerprint density at radius 3 is 1.88 bits per heavy atom. The van der Waals surface area contributed by atoms with E-state index in [9.17, 15) is 21.6 Å². The molecule has 1 rings (SSSR count). The van der Waals surface area contributed by atoms with Crippen molar-refractivity contribution in [2.45, 2.75) is 17.1 Å². The third-order valence-corrected chi connectivity index (χ3v) is 3.15. The number of alkyl halides is 3. The van der Waals surface area contributed by atoms with E-state index in [0.717, 1.165) is 30.5 Å². The molecule has 0 saturated carbocycles. The van der Waals surface area contributed by atoms with Crippen molar-refractivity contribution in [3.8, 4) is 0 Å². The van der Waals surface area contributed by atoms with Gasteiger partial charge in [0, 0.05) is 6.26 Å². The molecule has 3 nitrogen and oxygen atoms in total. The smallest absolute Gasteiger partial charge is 0.316 e. The molecule has 98 valence electrons. The summed E-state index contributed by atoms with van der Waals surface area (Å²) in [5.41, 5.74) is 4.79. The maximum absolute atomic E-state index is 12.2. The average Bonchev–Trinajstić information content (AvgIpc) is 2.14. The Morgan fingerprint density at radius 1 is 1.18 bits per heavy atom. The lowest BCUT2D eigenvalue weighted by molar-refractivity contribution is -0.149. The normalized spacial score (nSPS) is 13.9. The zero-order valence-corrected chi connectivity index (χ0v) is 10.4. The quantitative estimate of drug-likeness (QED) is 0.907. The van der Waals surface area contributed by atoms with Gasteiger partial charge in [0.2, 0.25) is 0 Å². The molecule has 2 N–H and O–H groups in total. The van der Waals surface area contributed by atoms with Crippen molar-refractivity contribution in [3.05, 3.63) is 29.8 Å². The first-order chi connectivity index (χ1) is 7.12. The summed E-state index contributed by atoms with van der Waals surface area (Å²) in [7, 11) is -3.40. The number of hydrogen-bond donors (Lipinski definition) is 1. The van der Waals surface area contributed by atoms with E-state index < -0.39 is 22.1 Å². The number of halogens is 4. The van der Waals surface area contributed by atoms with Gasteiger partial charge in [-0.1, -0.05) is 12.1 Å². The van der Waals surface area contributed by atoms with Crippen LogP contribution >= 0.6 is 12.4 Å². The van der Waals surface area contributed by atoms with Gasteiger partial charge in [-0.15, -0.1) is 12.4 Å². The van der Waals surface area contributed by atoms with Crippen LogP contribution in [0.4, 0.5) is 13.2 Å². The van der Waals surface area contributed by atoms with Crippen LogP contribution in [-0.2, 0) is 9.84 Å². The molecule has 8 heteroatoms. The van der Waals surface area contributed by atoms with Gasteiger partial charge in [-0.3, -0.25) is 0 Å². The van der Waals surface area contributed by atoms with Crippen molar-refractivity contribution in [2.75, 3.05) is 6.26 Å². The average molecular weight is 290 g/mol. The molecule has 0 spiro atoms. The first-order valence-electron chi connectivity index (χ1n) is 4.24. The number of rotatable bonds is 2. The van der Waals surface area contributed by atoms with Crippen LogP contribution in [0.15, 0.2) is 29.2 Å². The van der Waals surface area contributed by atoms with Crippen LogP contribution in [0, 0.1) is 0 Å². The van der Waals surface area contributed by atoms with Gasteiger partial charge in [0.25, 0.3) is 0 Å². The van der Waals surface area contributed by atoms with Gasteiger partial charge in [-0.05, 0) is 17.7 Å². The zero-order valence-electron chi connectivity index (χ0n) is 8.73. The first-order valence-corrected chi connectivity index (χ1v) is 6.14. The molecule has 0 heterocycles. The summed E-state index contributed by atoms with van der Waals surface area (Å²) in [6.45, 7) is 0. The molecule has 0 radical (unpaired) electrons. The lowest BCUT2D eigenvalue weighted by Crippen LogP contribution is -2.28. The Morgan fingerprint density at radius 2 is 1.59 bits per heavy atom. The molecule has 0 fully saturated rings. The molecule has 1 aromatic carbocycles. The minimum atomic E-state index is -4.54. The van der Waals surface area contributed by atoms with E-state index in [4.69, 9.17) is 5.73 Å². The second-order valence-electron chi connectivity index (χ2n) is 3.36. The SMILES string of the molecule is CS(=O)(=O)c1ccc(C(N)C(F)(F)F)cc1.Cl. The Kier molecular flexibility index (Phi) is 5.00. The fourth-order valence-corrected chi connectivity index (χ4v) is 1.74. The fraction of sp³-hybridized carbons (Fsp3) is 0.333. The lowest BCUT2D eigenvalue weighted by atomic mass is 10.1. The Hall–Kier alpha value is -0.790. The second kappa shape index (κ2) is 5.24. The molecule has 0 aromatic heterocycles. The molecule has 1 unspecified atom stereocenters. The summed E-state index contributed by atoms with van der Waals surface area (Å²) < 4.78 is 58.8. The summed E-state index contributed by atoms with van der Waals surface area (Å²) in [6.07, 6.45) is -3.56. The standard InChI is InChI=1S/C9H10F3NO2S.ClH/c1-16(14,15)7-4-2-6(3-5-7)8(13)9(10,11)12;/h2-5,8H,13H2,1H3;1H. The summed E-state index contributed by atoms with van der Waals surface area (Å²) in [5.74, 6) is 0. The van der Waals surface area contributed by atoms with E-state index in [2.05, 4.69) is 0 Å². The molecule has 0 aliphatic carbocycles. The van der Waals surface area contributed by atoms with Crippen LogP contribution in [0.25, 0.3) is 0 Å². The van der Waals surface area contributed by atoms with Crippen molar-refractivity contribution in [1.29, 1.82) is 0 Å². The van der Waals surface area contributed by atoms with E-state index in [1.165, 1.54) is 0 Å². The van der Waals surface area contributed by atoms with Crippen molar-refractivity contribution in [1.82, 2.24) is 0 Å². The third kappa shape index (κ3) is 4.18. The summed E-state index contributed by atoms with van der Waals surface area (Å²) in [5, 5.41) is 0. The largest absolute Gasteiger partial charge is 0.407 e. The van der Waals surface area contributed by atoms with Crippen LogP contribution in [0.5, 0.6) is 0 Å². The van der Waals surface area contributed by atoms with Crippen molar-refractivity contribution >= 4 is 22.2 Å². The Bertz CT molecular complexity index is 470. The van der Waals surface area contributed by atoms with E-state index in [1.807, 2.05) is 0 Å². The van der Waals surface area contributed by atoms with Gasteiger partial charge in [-0.2, -0.15) is 13.2 Å². The highest BCUT2D eigenvalue weighted by Crippen LogP contribution is 2.30. The number of benzene rings is 1. The molecule has 17 heavy (non-hydrogen) atoms. The van der Waals surface area contributed by atoms with Gasteiger partial charge < -0.3 is 5.73 Å². The van der Waals surface area contributed by atoms with Gasteiger partial charge in [0.15, 0.2) is 9.84 Å². The molecule has 1 aromatic rings. The molecule has 0 bridgehead atoms. The van der Waals surface area contributed by atoms with Crippen LogP contribution in [-0.4, -0.2) is 20.8 Å². The van der Waals surface area contributed by atoms with Crippen LogP contribution in [0.3, 0.4) is 0 Å². The molecule has 0 saturated heterocycles. The van der Waals surface area contributed by atoms with E-state index in [0.29, 0.717) is 0 Å². The van der Waals surface area contributed by atoms with Crippen LogP contribution in [0.1, 0.15) is 11.6 Å². The molecular formula is C9H11ClF3NO2S. The van der Waals surface area contributed by atoms with Gasteiger partial charge in [0.05, 0.1) is 4.90 Å². The molecule has 0 amide bonds. The highest BCUT2D eigenvalue weighted by Gasteiger charge is 2.37. The number of hydrogen-bond acceptors (Lipinski definition) is 3. The maximum atomic E-state index is 12.2. The second-order valence-corrected chi connectivity index (χ2v) is 5.38. The minimum Gasteiger partial charge on any atom is -0.316 e. The van der Waals surface area contributed by atoms with Gasteiger partial charge in [0.1, 0.15) is 6.04 Å².